The lowest BCUT2D eigenvalue weighted by molar-refractivity contribution is -0.135. The molecule has 2 amide bonds. The van der Waals surface area contributed by atoms with E-state index in [-0.39, 0.29) is 17.7 Å². The van der Waals surface area contributed by atoms with Gasteiger partial charge in [-0.15, -0.1) is 0 Å². The van der Waals surface area contributed by atoms with Crippen LogP contribution in [-0.4, -0.2) is 49.4 Å². The first kappa shape index (κ1) is 19.4. The van der Waals surface area contributed by atoms with Crippen LogP contribution in [0.25, 0.3) is 0 Å². The van der Waals surface area contributed by atoms with Crippen LogP contribution in [0.2, 0.25) is 0 Å². The van der Waals surface area contributed by atoms with E-state index in [0.29, 0.717) is 11.5 Å². The summed E-state index contributed by atoms with van der Waals surface area (Å²) in [6, 6.07) is 6.97. The van der Waals surface area contributed by atoms with Gasteiger partial charge in [0.25, 0.3) is 5.91 Å². The zero-order valence-electron chi connectivity index (χ0n) is 15.8. The van der Waals surface area contributed by atoms with Crippen LogP contribution in [0.5, 0.6) is 0 Å². The number of amides is 2. The highest BCUT2D eigenvalue weighted by Gasteiger charge is 2.31. The van der Waals surface area contributed by atoms with Crippen molar-refractivity contribution in [1.82, 2.24) is 15.5 Å². The Labute approximate surface area is 151 Å². The van der Waals surface area contributed by atoms with Crippen LogP contribution in [0.3, 0.4) is 0 Å². The molecular weight excluding hydrogens is 314 g/mol. The summed E-state index contributed by atoms with van der Waals surface area (Å²) >= 11 is 0. The van der Waals surface area contributed by atoms with E-state index in [1.165, 1.54) is 0 Å². The van der Waals surface area contributed by atoms with E-state index >= 15 is 0 Å². The summed E-state index contributed by atoms with van der Waals surface area (Å²) in [5, 5.41) is 6.16. The lowest BCUT2D eigenvalue weighted by Gasteiger charge is -2.35. The van der Waals surface area contributed by atoms with Crippen LogP contribution in [0.4, 0.5) is 0 Å². The van der Waals surface area contributed by atoms with Gasteiger partial charge in [0, 0.05) is 18.7 Å². The Morgan fingerprint density at radius 3 is 2.48 bits per heavy atom. The van der Waals surface area contributed by atoms with Crippen molar-refractivity contribution >= 4 is 11.8 Å². The van der Waals surface area contributed by atoms with E-state index in [4.69, 9.17) is 0 Å². The minimum atomic E-state index is -0.478. The third-order valence-corrected chi connectivity index (χ3v) is 4.92. The Kier molecular flexibility index (Phi) is 7.00. The van der Waals surface area contributed by atoms with Crippen molar-refractivity contribution in [1.29, 1.82) is 0 Å². The molecule has 1 atom stereocenters. The first-order valence-corrected chi connectivity index (χ1v) is 9.23. The van der Waals surface area contributed by atoms with E-state index < -0.39 is 6.04 Å². The van der Waals surface area contributed by atoms with Gasteiger partial charge in [0.15, 0.2) is 0 Å². The number of aryl methyl sites for hydroxylation is 1. The van der Waals surface area contributed by atoms with Crippen molar-refractivity contribution < 1.29 is 9.59 Å². The number of carbonyl (C=O) groups excluding carboxylic acids is 2. The summed E-state index contributed by atoms with van der Waals surface area (Å²) in [4.78, 5) is 27.4. The molecule has 0 aromatic heterocycles. The zero-order chi connectivity index (χ0) is 18.4. The standard InChI is InChI=1S/C20H31N3O2/c1-14(2)18(22-19(24)17-7-5-6-15(3)12-17)20(25)23-10-8-16(9-11-23)13-21-4/h5-7,12,14,16,18,21H,8-11,13H2,1-4H3,(H,22,24). The summed E-state index contributed by atoms with van der Waals surface area (Å²) in [7, 11) is 1.97. The number of benzene rings is 1. The van der Waals surface area contributed by atoms with Crippen molar-refractivity contribution in [3.63, 3.8) is 0 Å². The number of hydrogen-bond donors (Lipinski definition) is 2. The van der Waals surface area contributed by atoms with E-state index in [2.05, 4.69) is 10.6 Å². The molecule has 1 aliphatic heterocycles. The molecule has 0 radical (unpaired) electrons. The quantitative estimate of drug-likeness (QED) is 0.831. The summed E-state index contributed by atoms with van der Waals surface area (Å²) < 4.78 is 0. The Morgan fingerprint density at radius 1 is 1.24 bits per heavy atom. The number of hydrogen-bond acceptors (Lipinski definition) is 3. The number of nitrogens with one attached hydrogen (secondary N) is 2. The SMILES string of the molecule is CNCC1CCN(C(=O)C(NC(=O)c2cccc(C)c2)C(C)C)CC1. The molecule has 1 aliphatic rings. The summed E-state index contributed by atoms with van der Waals surface area (Å²) in [5.74, 6) is 0.546. The molecule has 0 saturated carbocycles. The predicted octanol–water partition coefficient (Wildman–Crippen LogP) is 2.21. The fourth-order valence-corrected chi connectivity index (χ4v) is 3.37. The van der Waals surface area contributed by atoms with Gasteiger partial charge in [0.05, 0.1) is 0 Å². The van der Waals surface area contributed by atoms with Crippen LogP contribution in [0, 0.1) is 18.8 Å². The van der Waals surface area contributed by atoms with E-state index in [1.807, 2.05) is 50.9 Å². The van der Waals surface area contributed by atoms with Crippen LogP contribution in [0.15, 0.2) is 24.3 Å². The molecule has 2 rings (SSSR count). The van der Waals surface area contributed by atoms with Gasteiger partial charge in [-0.3, -0.25) is 9.59 Å². The second kappa shape index (κ2) is 8.99. The van der Waals surface area contributed by atoms with Gasteiger partial charge in [-0.25, -0.2) is 0 Å². The first-order valence-electron chi connectivity index (χ1n) is 9.23. The Bertz CT molecular complexity index is 592. The van der Waals surface area contributed by atoms with Crippen molar-refractivity contribution in [3.8, 4) is 0 Å². The third-order valence-electron chi connectivity index (χ3n) is 4.92. The van der Waals surface area contributed by atoms with Gasteiger partial charge in [-0.1, -0.05) is 31.5 Å². The van der Waals surface area contributed by atoms with Crippen molar-refractivity contribution in [2.24, 2.45) is 11.8 Å². The molecule has 25 heavy (non-hydrogen) atoms. The molecule has 1 aromatic carbocycles. The molecule has 0 spiro atoms. The van der Waals surface area contributed by atoms with Crippen LogP contribution >= 0.6 is 0 Å². The molecule has 0 bridgehead atoms. The molecule has 5 nitrogen and oxygen atoms in total. The highest BCUT2D eigenvalue weighted by Crippen LogP contribution is 2.18. The molecule has 0 aliphatic carbocycles. The molecule has 1 heterocycles. The average molecular weight is 345 g/mol. The van der Waals surface area contributed by atoms with Crippen LogP contribution in [-0.2, 0) is 4.79 Å². The van der Waals surface area contributed by atoms with Crippen molar-refractivity contribution in [2.45, 2.75) is 39.7 Å². The van der Waals surface area contributed by atoms with Gasteiger partial charge in [0.2, 0.25) is 5.91 Å². The molecule has 138 valence electrons. The number of carbonyl (C=O) groups is 2. The highest BCUT2D eigenvalue weighted by molar-refractivity contribution is 5.97. The summed E-state index contributed by atoms with van der Waals surface area (Å²) in [6.07, 6.45) is 2.03. The van der Waals surface area contributed by atoms with Gasteiger partial charge in [-0.05, 0) is 57.3 Å². The molecule has 1 saturated heterocycles. The van der Waals surface area contributed by atoms with Gasteiger partial charge >= 0.3 is 0 Å². The monoisotopic (exact) mass is 345 g/mol. The maximum Gasteiger partial charge on any atom is 0.251 e. The molecule has 1 aromatic rings. The van der Waals surface area contributed by atoms with E-state index in [1.54, 1.807) is 6.07 Å². The zero-order valence-corrected chi connectivity index (χ0v) is 15.8. The number of piperidine rings is 1. The van der Waals surface area contributed by atoms with E-state index in [0.717, 1.165) is 38.0 Å². The fourth-order valence-electron chi connectivity index (χ4n) is 3.37. The van der Waals surface area contributed by atoms with Crippen LogP contribution in [0.1, 0.15) is 42.6 Å². The molecule has 1 unspecified atom stereocenters. The first-order chi connectivity index (χ1) is 11.9. The number of nitrogens with zero attached hydrogens (tertiary/aromatic N) is 1. The van der Waals surface area contributed by atoms with E-state index in [9.17, 15) is 9.59 Å². The largest absolute Gasteiger partial charge is 0.341 e. The Hall–Kier alpha value is -1.88. The fraction of sp³-hybridized carbons (Fsp3) is 0.600. The molecule has 1 fully saturated rings. The van der Waals surface area contributed by atoms with Crippen molar-refractivity contribution in [2.75, 3.05) is 26.7 Å². The smallest absolute Gasteiger partial charge is 0.251 e. The minimum absolute atomic E-state index is 0.0407. The Morgan fingerprint density at radius 2 is 1.92 bits per heavy atom. The molecule has 5 heteroatoms. The van der Waals surface area contributed by atoms with Gasteiger partial charge in [-0.2, -0.15) is 0 Å². The van der Waals surface area contributed by atoms with Crippen molar-refractivity contribution in [3.05, 3.63) is 35.4 Å². The lowest BCUT2D eigenvalue weighted by Crippen LogP contribution is -2.53. The molecule has 2 N–H and O–H groups in total. The van der Waals surface area contributed by atoms with Gasteiger partial charge in [0.1, 0.15) is 6.04 Å². The third kappa shape index (κ3) is 5.30. The molecular formula is C20H31N3O2. The maximum absolute atomic E-state index is 12.9. The normalized spacial score (nSPS) is 16.8. The maximum atomic E-state index is 12.9. The second-order valence-corrected chi connectivity index (χ2v) is 7.39. The average Bonchev–Trinajstić information content (AvgIpc) is 2.59. The topological polar surface area (TPSA) is 61.4 Å². The Balaban J connectivity index is 2.00. The number of likely N-dealkylation sites (tertiary alicyclic amines) is 1. The summed E-state index contributed by atoms with van der Waals surface area (Å²) in [5.41, 5.74) is 1.64. The predicted molar refractivity (Wildman–Crippen MR) is 101 cm³/mol. The van der Waals surface area contributed by atoms with Gasteiger partial charge < -0.3 is 15.5 Å². The highest BCUT2D eigenvalue weighted by atomic mass is 16.2. The lowest BCUT2D eigenvalue weighted by atomic mass is 9.95. The second-order valence-electron chi connectivity index (χ2n) is 7.39. The minimum Gasteiger partial charge on any atom is -0.341 e. The number of rotatable bonds is 6. The van der Waals surface area contributed by atoms with Crippen LogP contribution < -0.4 is 10.6 Å². The summed E-state index contributed by atoms with van der Waals surface area (Å²) in [6.45, 7) is 8.46.